The van der Waals surface area contributed by atoms with Crippen LogP contribution in [0.25, 0.3) is 6.08 Å². The van der Waals surface area contributed by atoms with Crippen LogP contribution < -0.4 is 5.32 Å². The van der Waals surface area contributed by atoms with Crippen LogP contribution in [0.5, 0.6) is 0 Å². The van der Waals surface area contributed by atoms with Gasteiger partial charge in [0.25, 0.3) is 5.91 Å². The third-order valence-electron chi connectivity index (χ3n) is 2.68. The maximum Gasteiger partial charge on any atom is 0.355 e. The molecule has 0 aliphatic heterocycles. The maximum atomic E-state index is 12.2. The number of furan rings is 1. The lowest BCUT2D eigenvalue weighted by Crippen LogP contribution is -2.29. The first-order valence-corrected chi connectivity index (χ1v) is 6.89. The molecule has 1 aromatic carbocycles. The zero-order valence-corrected chi connectivity index (χ0v) is 12.4. The van der Waals surface area contributed by atoms with Crippen molar-refractivity contribution < 1.29 is 18.7 Å². The van der Waals surface area contributed by atoms with Crippen molar-refractivity contribution in [1.29, 1.82) is 0 Å². The standard InChI is InChI=1S/C17H17NO4/c1-12(2)22-17(20)15(11-14-9-6-10-21-14)18-16(19)13-7-4-3-5-8-13/h3-12H,1-2H3,(H,18,19). The molecule has 0 fully saturated rings. The molecule has 5 nitrogen and oxygen atoms in total. The molecule has 1 N–H and O–H groups in total. The van der Waals surface area contributed by atoms with Gasteiger partial charge in [-0.3, -0.25) is 4.79 Å². The van der Waals surface area contributed by atoms with Crippen LogP contribution >= 0.6 is 0 Å². The quantitative estimate of drug-likeness (QED) is 0.680. The Hall–Kier alpha value is -2.82. The fourth-order valence-corrected chi connectivity index (χ4v) is 1.72. The number of nitrogens with one attached hydrogen (secondary N) is 1. The van der Waals surface area contributed by atoms with E-state index in [1.807, 2.05) is 6.07 Å². The Morgan fingerprint density at radius 3 is 2.45 bits per heavy atom. The Morgan fingerprint density at radius 1 is 1.14 bits per heavy atom. The molecular weight excluding hydrogens is 282 g/mol. The van der Waals surface area contributed by atoms with Crippen LogP contribution in [0.4, 0.5) is 0 Å². The van der Waals surface area contributed by atoms with Gasteiger partial charge in [0, 0.05) is 11.6 Å². The van der Waals surface area contributed by atoms with Crippen LogP contribution in [-0.4, -0.2) is 18.0 Å². The number of hydrogen-bond donors (Lipinski definition) is 1. The van der Waals surface area contributed by atoms with Gasteiger partial charge < -0.3 is 14.5 Å². The Balaban J connectivity index is 2.21. The van der Waals surface area contributed by atoms with Crippen molar-refractivity contribution in [2.75, 3.05) is 0 Å². The normalized spacial score (nSPS) is 11.3. The van der Waals surface area contributed by atoms with Crippen LogP contribution in [0.15, 0.2) is 58.8 Å². The first-order valence-electron chi connectivity index (χ1n) is 6.89. The third kappa shape index (κ3) is 4.34. The van der Waals surface area contributed by atoms with Gasteiger partial charge in [-0.1, -0.05) is 18.2 Å². The average Bonchev–Trinajstić information content (AvgIpc) is 2.99. The lowest BCUT2D eigenvalue weighted by atomic mass is 10.2. The van der Waals surface area contributed by atoms with E-state index in [9.17, 15) is 9.59 Å². The minimum Gasteiger partial charge on any atom is -0.465 e. The second-order valence-corrected chi connectivity index (χ2v) is 4.85. The number of amides is 1. The molecule has 2 rings (SSSR count). The van der Waals surface area contributed by atoms with Gasteiger partial charge in [0.05, 0.1) is 12.4 Å². The van der Waals surface area contributed by atoms with Crippen LogP contribution in [0.1, 0.15) is 30.0 Å². The van der Waals surface area contributed by atoms with Crippen molar-refractivity contribution in [3.8, 4) is 0 Å². The summed E-state index contributed by atoms with van der Waals surface area (Å²) in [6, 6.07) is 12.0. The summed E-state index contributed by atoms with van der Waals surface area (Å²) < 4.78 is 10.3. The number of hydrogen-bond acceptors (Lipinski definition) is 4. The Bertz CT molecular complexity index is 657. The highest BCUT2D eigenvalue weighted by Gasteiger charge is 2.17. The predicted octanol–water partition coefficient (Wildman–Crippen LogP) is 3.00. The van der Waals surface area contributed by atoms with Crippen LogP contribution in [0.2, 0.25) is 0 Å². The summed E-state index contributed by atoms with van der Waals surface area (Å²) in [7, 11) is 0. The van der Waals surface area contributed by atoms with E-state index in [2.05, 4.69) is 5.32 Å². The molecule has 5 heteroatoms. The summed E-state index contributed by atoms with van der Waals surface area (Å²) in [6.07, 6.45) is 2.63. The van der Waals surface area contributed by atoms with Crippen molar-refractivity contribution in [3.63, 3.8) is 0 Å². The third-order valence-corrected chi connectivity index (χ3v) is 2.68. The molecule has 0 bridgehead atoms. The number of rotatable bonds is 5. The van der Waals surface area contributed by atoms with Gasteiger partial charge in [-0.05, 0) is 38.1 Å². The molecular formula is C17H17NO4. The summed E-state index contributed by atoms with van der Waals surface area (Å²) in [5.74, 6) is -0.557. The van der Waals surface area contributed by atoms with E-state index in [1.165, 1.54) is 12.3 Å². The Labute approximate surface area is 128 Å². The highest BCUT2D eigenvalue weighted by atomic mass is 16.5. The smallest absolute Gasteiger partial charge is 0.355 e. The van der Waals surface area contributed by atoms with Crippen LogP contribution in [0.3, 0.4) is 0 Å². The molecule has 1 amide bonds. The molecule has 0 aliphatic carbocycles. The summed E-state index contributed by atoms with van der Waals surface area (Å²) in [4.78, 5) is 24.3. The van der Waals surface area contributed by atoms with E-state index in [1.54, 1.807) is 50.2 Å². The van der Waals surface area contributed by atoms with E-state index in [0.29, 0.717) is 11.3 Å². The Morgan fingerprint density at radius 2 is 1.86 bits per heavy atom. The molecule has 0 spiro atoms. The SMILES string of the molecule is CC(C)OC(=O)C(=Cc1ccco1)NC(=O)c1ccccc1. The number of esters is 1. The summed E-state index contributed by atoms with van der Waals surface area (Å²) in [5, 5.41) is 2.56. The highest BCUT2D eigenvalue weighted by Crippen LogP contribution is 2.09. The minimum atomic E-state index is -0.615. The van der Waals surface area contributed by atoms with Crippen molar-refractivity contribution in [2.24, 2.45) is 0 Å². The number of ether oxygens (including phenoxy) is 1. The molecule has 114 valence electrons. The molecule has 0 saturated heterocycles. The van der Waals surface area contributed by atoms with Gasteiger partial charge in [-0.25, -0.2) is 4.79 Å². The lowest BCUT2D eigenvalue weighted by molar-refractivity contribution is -0.142. The van der Waals surface area contributed by atoms with Gasteiger partial charge in [-0.15, -0.1) is 0 Å². The highest BCUT2D eigenvalue weighted by molar-refractivity contribution is 6.03. The van der Waals surface area contributed by atoms with E-state index in [4.69, 9.17) is 9.15 Å². The topological polar surface area (TPSA) is 68.5 Å². The summed E-state index contributed by atoms with van der Waals surface area (Å²) in [5.41, 5.74) is 0.475. The van der Waals surface area contributed by atoms with Crippen molar-refractivity contribution in [1.82, 2.24) is 5.32 Å². The number of carbonyl (C=O) groups is 2. The molecule has 0 unspecified atom stereocenters. The van der Waals surface area contributed by atoms with Crippen LogP contribution in [0, 0.1) is 0 Å². The molecule has 1 aromatic heterocycles. The maximum absolute atomic E-state index is 12.2. The van der Waals surface area contributed by atoms with Gasteiger partial charge in [0.1, 0.15) is 11.5 Å². The van der Waals surface area contributed by atoms with Gasteiger partial charge >= 0.3 is 5.97 Å². The van der Waals surface area contributed by atoms with Crippen molar-refractivity contribution in [2.45, 2.75) is 20.0 Å². The fraction of sp³-hybridized carbons (Fsp3) is 0.176. The van der Waals surface area contributed by atoms with E-state index >= 15 is 0 Å². The number of carbonyl (C=O) groups excluding carboxylic acids is 2. The van der Waals surface area contributed by atoms with E-state index in [-0.39, 0.29) is 17.7 Å². The van der Waals surface area contributed by atoms with E-state index in [0.717, 1.165) is 0 Å². The van der Waals surface area contributed by atoms with Gasteiger partial charge in [-0.2, -0.15) is 0 Å². The summed E-state index contributed by atoms with van der Waals surface area (Å²) in [6.45, 7) is 3.48. The second kappa shape index (κ2) is 7.26. The van der Waals surface area contributed by atoms with Crippen LogP contribution in [-0.2, 0) is 9.53 Å². The molecule has 22 heavy (non-hydrogen) atoms. The van der Waals surface area contributed by atoms with Gasteiger partial charge in [0.2, 0.25) is 0 Å². The zero-order chi connectivity index (χ0) is 15.9. The van der Waals surface area contributed by atoms with Crippen molar-refractivity contribution in [3.05, 3.63) is 65.7 Å². The molecule has 0 atom stereocenters. The first kappa shape index (κ1) is 15.6. The predicted molar refractivity (Wildman–Crippen MR) is 81.8 cm³/mol. The summed E-state index contributed by atoms with van der Waals surface area (Å²) >= 11 is 0. The molecule has 1 heterocycles. The number of benzene rings is 1. The van der Waals surface area contributed by atoms with E-state index < -0.39 is 5.97 Å². The first-order chi connectivity index (χ1) is 10.6. The molecule has 0 aliphatic rings. The minimum absolute atomic E-state index is 0.0255. The second-order valence-electron chi connectivity index (χ2n) is 4.85. The molecule has 0 radical (unpaired) electrons. The largest absolute Gasteiger partial charge is 0.465 e. The fourth-order valence-electron chi connectivity index (χ4n) is 1.72. The molecule has 0 saturated carbocycles. The molecule has 2 aromatic rings. The van der Waals surface area contributed by atoms with Gasteiger partial charge in [0.15, 0.2) is 0 Å². The lowest BCUT2D eigenvalue weighted by Gasteiger charge is -2.12. The Kier molecular flexibility index (Phi) is 5.14. The zero-order valence-electron chi connectivity index (χ0n) is 12.4. The van der Waals surface area contributed by atoms with Crippen molar-refractivity contribution >= 4 is 18.0 Å². The monoisotopic (exact) mass is 299 g/mol. The average molecular weight is 299 g/mol.